The van der Waals surface area contributed by atoms with Crippen molar-refractivity contribution in [2.24, 2.45) is 5.41 Å². The fraction of sp³-hybridized carbons (Fsp3) is 0.571. The summed E-state index contributed by atoms with van der Waals surface area (Å²) in [4.78, 5) is 32.7. The van der Waals surface area contributed by atoms with Gasteiger partial charge in [0.1, 0.15) is 0 Å². The van der Waals surface area contributed by atoms with Crippen molar-refractivity contribution in [3.63, 3.8) is 0 Å². The van der Waals surface area contributed by atoms with Gasteiger partial charge in [-0.1, -0.05) is 33.8 Å². The van der Waals surface area contributed by atoms with Crippen LogP contribution in [0.4, 0.5) is 0 Å². The zero-order chi connectivity index (χ0) is 26.2. The molecule has 0 saturated carbocycles. The molecule has 0 aliphatic heterocycles. The maximum atomic E-state index is 13.6. The number of amides is 2. The van der Waals surface area contributed by atoms with Crippen molar-refractivity contribution in [3.05, 3.63) is 45.6 Å². The van der Waals surface area contributed by atoms with Crippen molar-refractivity contribution in [2.45, 2.75) is 73.4 Å². The highest BCUT2D eigenvalue weighted by Gasteiger charge is 2.28. The standard InChI is InChI=1S/C28H42N2O4S/c1-9-20(2)30(26(31)17-28(4,5)6)19-27(32)29(18-23-12-10-21(3)35-23)15-14-22-11-13-24(33-7)25(16-22)34-8/h10-13,16,20H,9,14-15,17-19H2,1-8H3. The Morgan fingerprint density at radius 2 is 1.71 bits per heavy atom. The lowest BCUT2D eigenvalue weighted by atomic mass is 9.91. The van der Waals surface area contributed by atoms with Gasteiger partial charge in [-0.05, 0) is 61.9 Å². The average Bonchev–Trinajstić information content (AvgIpc) is 3.22. The molecule has 1 aromatic heterocycles. The van der Waals surface area contributed by atoms with Crippen LogP contribution in [0.1, 0.15) is 62.8 Å². The Labute approximate surface area is 215 Å². The fourth-order valence-corrected chi connectivity index (χ4v) is 4.77. The van der Waals surface area contributed by atoms with E-state index in [1.54, 1.807) is 30.5 Å². The summed E-state index contributed by atoms with van der Waals surface area (Å²) in [6, 6.07) is 10.00. The van der Waals surface area contributed by atoms with Crippen LogP contribution in [-0.2, 0) is 22.6 Å². The number of nitrogens with zero attached hydrogens (tertiary/aromatic N) is 2. The van der Waals surface area contributed by atoms with Crippen LogP contribution in [0.2, 0.25) is 0 Å². The second kappa shape index (κ2) is 13.0. The third kappa shape index (κ3) is 8.88. The number of carbonyl (C=O) groups is 2. The molecule has 1 heterocycles. The third-order valence-corrected chi connectivity index (χ3v) is 7.03. The molecule has 0 radical (unpaired) electrons. The molecule has 2 amide bonds. The van der Waals surface area contributed by atoms with Crippen LogP contribution in [0.5, 0.6) is 11.5 Å². The lowest BCUT2D eigenvalue weighted by molar-refractivity contribution is -0.143. The first-order valence-corrected chi connectivity index (χ1v) is 13.1. The van der Waals surface area contributed by atoms with Gasteiger partial charge in [0.2, 0.25) is 11.8 Å². The fourth-order valence-electron chi connectivity index (χ4n) is 3.86. The highest BCUT2D eigenvalue weighted by molar-refractivity contribution is 7.11. The van der Waals surface area contributed by atoms with Crippen LogP contribution in [0.25, 0.3) is 0 Å². The van der Waals surface area contributed by atoms with Crippen LogP contribution in [0.3, 0.4) is 0 Å². The Bertz CT molecular complexity index is 980. The van der Waals surface area contributed by atoms with Crippen LogP contribution >= 0.6 is 11.3 Å². The normalized spacial score (nSPS) is 12.2. The summed E-state index contributed by atoms with van der Waals surface area (Å²) in [7, 11) is 3.24. The molecular formula is C28H42N2O4S. The quantitative estimate of drug-likeness (QED) is 0.373. The molecule has 0 aliphatic rings. The van der Waals surface area contributed by atoms with E-state index in [4.69, 9.17) is 9.47 Å². The molecule has 1 atom stereocenters. The van der Waals surface area contributed by atoms with E-state index >= 15 is 0 Å². The van der Waals surface area contributed by atoms with E-state index in [1.807, 2.05) is 30.0 Å². The molecule has 0 bridgehead atoms. The first kappa shape index (κ1) is 28.7. The number of rotatable bonds is 12. The molecule has 1 unspecified atom stereocenters. The van der Waals surface area contributed by atoms with E-state index in [-0.39, 0.29) is 29.8 Å². The van der Waals surface area contributed by atoms with E-state index < -0.39 is 0 Å². The van der Waals surface area contributed by atoms with Crippen molar-refractivity contribution < 1.29 is 19.1 Å². The molecule has 194 valence electrons. The third-order valence-electron chi connectivity index (χ3n) is 6.04. The number of thiophene rings is 1. The van der Waals surface area contributed by atoms with Gasteiger partial charge in [-0.3, -0.25) is 9.59 Å². The molecule has 2 rings (SSSR count). The van der Waals surface area contributed by atoms with Crippen LogP contribution in [-0.4, -0.2) is 55.0 Å². The number of benzene rings is 1. The van der Waals surface area contributed by atoms with Crippen molar-refractivity contribution in [2.75, 3.05) is 27.3 Å². The number of hydrogen-bond donors (Lipinski definition) is 0. The first-order valence-electron chi connectivity index (χ1n) is 12.3. The molecule has 0 aliphatic carbocycles. The van der Waals surface area contributed by atoms with Gasteiger partial charge < -0.3 is 19.3 Å². The zero-order valence-electron chi connectivity index (χ0n) is 22.6. The van der Waals surface area contributed by atoms with Crippen LogP contribution in [0.15, 0.2) is 30.3 Å². The number of aryl methyl sites for hydroxylation is 1. The summed E-state index contributed by atoms with van der Waals surface area (Å²) in [6.45, 7) is 13.5. The summed E-state index contributed by atoms with van der Waals surface area (Å²) in [5.74, 6) is 1.36. The van der Waals surface area contributed by atoms with Gasteiger partial charge in [0.05, 0.1) is 27.3 Å². The van der Waals surface area contributed by atoms with E-state index in [0.29, 0.717) is 37.4 Å². The predicted molar refractivity (Wildman–Crippen MR) is 143 cm³/mol. The minimum atomic E-state index is -0.132. The SMILES string of the molecule is CCC(C)N(CC(=O)N(CCc1ccc(OC)c(OC)c1)Cc1ccc(C)s1)C(=O)CC(C)(C)C. The van der Waals surface area contributed by atoms with Gasteiger partial charge in [0.25, 0.3) is 0 Å². The van der Waals surface area contributed by atoms with Crippen molar-refractivity contribution in [1.29, 1.82) is 0 Å². The Morgan fingerprint density at radius 3 is 2.26 bits per heavy atom. The number of carbonyl (C=O) groups excluding carboxylic acids is 2. The maximum absolute atomic E-state index is 13.6. The number of methoxy groups -OCH3 is 2. The molecule has 6 nitrogen and oxygen atoms in total. The van der Waals surface area contributed by atoms with Crippen LogP contribution < -0.4 is 9.47 Å². The number of ether oxygens (including phenoxy) is 2. The highest BCUT2D eigenvalue weighted by Crippen LogP contribution is 2.28. The Balaban J connectivity index is 2.23. The molecule has 0 saturated heterocycles. The van der Waals surface area contributed by atoms with Gasteiger partial charge in [0.15, 0.2) is 11.5 Å². The Kier molecular flexibility index (Phi) is 10.6. The summed E-state index contributed by atoms with van der Waals surface area (Å²) in [5, 5.41) is 0. The molecular weight excluding hydrogens is 460 g/mol. The molecule has 0 N–H and O–H groups in total. The first-order chi connectivity index (χ1) is 16.5. The predicted octanol–water partition coefficient (Wildman–Crippen LogP) is 5.71. The summed E-state index contributed by atoms with van der Waals surface area (Å²) in [5.41, 5.74) is 0.929. The molecule has 2 aromatic rings. The van der Waals surface area contributed by atoms with Gasteiger partial charge in [-0.25, -0.2) is 0 Å². The molecule has 7 heteroatoms. The largest absolute Gasteiger partial charge is 0.493 e. The zero-order valence-corrected chi connectivity index (χ0v) is 23.5. The summed E-state index contributed by atoms with van der Waals surface area (Å²) >= 11 is 1.70. The molecule has 1 aromatic carbocycles. The van der Waals surface area contributed by atoms with Crippen molar-refractivity contribution in [3.8, 4) is 11.5 Å². The molecule has 0 spiro atoms. The minimum Gasteiger partial charge on any atom is -0.493 e. The smallest absolute Gasteiger partial charge is 0.242 e. The minimum absolute atomic E-state index is 0.00508. The highest BCUT2D eigenvalue weighted by atomic mass is 32.1. The van der Waals surface area contributed by atoms with E-state index in [9.17, 15) is 9.59 Å². The second-order valence-electron chi connectivity index (χ2n) is 10.3. The van der Waals surface area contributed by atoms with Crippen molar-refractivity contribution >= 4 is 23.2 Å². The van der Waals surface area contributed by atoms with Gasteiger partial charge in [-0.2, -0.15) is 0 Å². The van der Waals surface area contributed by atoms with Crippen molar-refractivity contribution in [1.82, 2.24) is 9.80 Å². The summed E-state index contributed by atoms with van der Waals surface area (Å²) < 4.78 is 10.8. The second-order valence-corrected chi connectivity index (χ2v) is 11.7. The van der Waals surface area contributed by atoms with Gasteiger partial charge in [-0.15, -0.1) is 11.3 Å². The van der Waals surface area contributed by atoms with Gasteiger partial charge in [0, 0.05) is 28.8 Å². The lowest BCUT2D eigenvalue weighted by Gasteiger charge is -2.33. The maximum Gasteiger partial charge on any atom is 0.242 e. The number of hydrogen-bond acceptors (Lipinski definition) is 5. The Morgan fingerprint density at radius 1 is 1.03 bits per heavy atom. The average molecular weight is 503 g/mol. The van der Waals surface area contributed by atoms with E-state index in [0.717, 1.165) is 16.9 Å². The Hall–Kier alpha value is -2.54. The molecule has 35 heavy (non-hydrogen) atoms. The monoisotopic (exact) mass is 502 g/mol. The van der Waals surface area contributed by atoms with E-state index in [1.165, 1.54) is 4.88 Å². The van der Waals surface area contributed by atoms with Gasteiger partial charge >= 0.3 is 0 Å². The topological polar surface area (TPSA) is 59.1 Å². The molecule has 0 fully saturated rings. The van der Waals surface area contributed by atoms with Crippen LogP contribution in [0, 0.1) is 12.3 Å². The van der Waals surface area contributed by atoms with E-state index in [2.05, 4.69) is 46.8 Å². The lowest BCUT2D eigenvalue weighted by Crippen LogP contribution is -2.47. The summed E-state index contributed by atoms with van der Waals surface area (Å²) in [6.07, 6.45) is 1.90.